The molecule has 2 amide bonds. The molecule has 2 heterocycles. The standard InChI is InChI=1S/C18H21BrN2O5S/c1-10(19)18(2)14(17(24)25-3)21-15(23)13(16(21)27-18)20-12(22)9-26-11-7-5-4-6-8-11/h4-8,10,13-14,16H,9H2,1-3H3,(H,20,22)/t10?,13?,14?,16-,18?/m1/s1. The SMILES string of the molecule is COC(=O)C1N2C(=O)C(NC(=O)COc3ccccc3)[C@H]2SC1(C)C(C)Br. The fourth-order valence-electron chi connectivity index (χ4n) is 3.27. The molecule has 0 spiro atoms. The number of amides is 2. The molecule has 9 heteroatoms. The van der Waals surface area contributed by atoms with Crippen LogP contribution < -0.4 is 10.1 Å². The molecular weight excluding hydrogens is 436 g/mol. The van der Waals surface area contributed by atoms with E-state index >= 15 is 0 Å². The highest BCUT2D eigenvalue weighted by atomic mass is 79.9. The number of nitrogens with zero attached hydrogens (tertiary/aromatic N) is 1. The van der Waals surface area contributed by atoms with Gasteiger partial charge in [-0.05, 0) is 19.1 Å². The zero-order valence-corrected chi connectivity index (χ0v) is 17.6. The highest BCUT2D eigenvalue weighted by Gasteiger charge is 2.66. The third-order valence-electron chi connectivity index (χ3n) is 4.92. The maximum atomic E-state index is 12.6. The van der Waals surface area contributed by atoms with Crippen molar-refractivity contribution in [3.63, 3.8) is 0 Å². The smallest absolute Gasteiger partial charge is 0.330 e. The number of methoxy groups -OCH3 is 1. The predicted molar refractivity (Wildman–Crippen MR) is 105 cm³/mol. The lowest BCUT2D eigenvalue weighted by Crippen LogP contribution is -2.71. The average Bonchev–Trinajstić information content (AvgIpc) is 2.95. The molecule has 0 radical (unpaired) electrons. The van der Waals surface area contributed by atoms with Gasteiger partial charge in [-0.3, -0.25) is 9.59 Å². The van der Waals surface area contributed by atoms with Crippen molar-refractivity contribution in [3.8, 4) is 5.75 Å². The maximum absolute atomic E-state index is 12.6. The number of nitrogens with one attached hydrogen (secondary N) is 1. The van der Waals surface area contributed by atoms with Gasteiger partial charge in [-0.15, -0.1) is 11.8 Å². The first kappa shape index (κ1) is 20.0. The van der Waals surface area contributed by atoms with Crippen LogP contribution in [0.4, 0.5) is 0 Å². The number of halogens is 1. The molecular formula is C18H21BrN2O5S. The molecule has 3 rings (SSSR count). The molecule has 2 saturated heterocycles. The zero-order chi connectivity index (χ0) is 19.8. The molecule has 4 unspecified atom stereocenters. The molecule has 1 aromatic carbocycles. The number of esters is 1. The Morgan fingerprint density at radius 3 is 2.63 bits per heavy atom. The second-order valence-electron chi connectivity index (χ2n) is 6.63. The third kappa shape index (κ3) is 3.54. The van der Waals surface area contributed by atoms with Crippen LogP contribution in [0.1, 0.15) is 13.8 Å². The van der Waals surface area contributed by atoms with Crippen molar-refractivity contribution in [1.29, 1.82) is 0 Å². The minimum Gasteiger partial charge on any atom is -0.484 e. The summed E-state index contributed by atoms with van der Waals surface area (Å²) in [6, 6.07) is 7.59. The minimum atomic E-state index is -0.701. The number of thioether (sulfide) groups is 1. The molecule has 0 aromatic heterocycles. The summed E-state index contributed by atoms with van der Waals surface area (Å²) in [4.78, 5) is 38.6. The van der Waals surface area contributed by atoms with Gasteiger partial charge < -0.3 is 19.7 Å². The van der Waals surface area contributed by atoms with Gasteiger partial charge in [0.2, 0.25) is 5.91 Å². The Labute approximate surface area is 170 Å². The molecule has 7 nitrogen and oxygen atoms in total. The van der Waals surface area contributed by atoms with Crippen molar-refractivity contribution in [2.45, 2.75) is 40.9 Å². The Kier molecular flexibility index (Phi) is 5.71. The number of carbonyl (C=O) groups excluding carboxylic acids is 3. The molecule has 0 bridgehead atoms. The molecule has 0 saturated carbocycles. The van der Waals surface area contributed by atoms with Gasteiger partial charge in [0.05, 0.1) is 11.9 Å². The number of hydrogen-bond donors (Lipinski definition) is 1. The van der Waals surface area contributed by atoms with Gasteiger partial charge in [-0.25, -0.2) is 4.79 Å². The first-order chi connectivity index (χ1) is 12.8. The highest BCUT2D eigenvalue weighted by molar-refractivity contribution is 9.09. The largest absolute Gasteiger partial charge is 0.484 e. The van der Waals surface area contributed by atoms with E-state index < -0.39 is 22.8 Å². The predicted octanol–water partition coefficient (Wildman–Crippen LogP) is 1.55. The van der Waals surface area contributed by atoms with E-state index in [1.54, 1.807) is 12.1 Å². The second-order valence-corrected chi connectivity index (χ2v) is 9.60. The van der Waals surface area contributed by atoms with Crippen molar-refractivity contribution in [3.05, 3.63) is 30.3 Å². The van der Waals surface area contributed by atoms with Crippen molar-refractivity contribution in [2.75, 3.05) is 13.7 Å². The van der Waals surface area contributed by atoms with E-state index in [-0.39, 0.29) is 28.6 Å². The number of para-hydroxylation sites is 1. The zero-order valence-electron chi connectivity index (χ0n) is 15.2. The van der Waals surface area contributed by atoms with Gasteiger partial charge in [-0.1, -0.05) is 41.1 Å². The van der Waals surface area contributed by atoms with Crippen molar-refractivity contribution < 1.29 is 23.9 Å². The highest BCUT2D eigenvalue weighted by Crippen LogP contribution is 2.54. The van der Waals surface area contributed by atoms with Crippen LogP contribution in [0.2, 0.25) is 0 Å². The Bertz CT molecular complexity index is 747. The summed E-state index contributed by atoms with van der Waals surface area (Å²) in [5.74, 6) is -0.541. The van der Waals surface area contributed by atoms with Crippen LogP contribution in [0.5, 0.6) is 5.75 Å². The van der Waals surface area contributed by atoms with Crippen LogP contribution >= 0.6 is 27.7 Å². The molecule has 27 heavy (non-hydrogen) atoms. The first-order valence-corrected chi connectivity index (χ1v) is 10.3. The van der Waals surface area contributed by atoms with E-state index in [0.717, 1.165) is 0 Å². The van der Waals surface area contributed by atoms with Crippen LogP contribution in [0.25, 0.3) is 0 Å². The summed E-state index contributed by atoms with van der Waals surface area (Å²) in [5.41, 5.74) is 0. The van der Waals surface area contributed by atoms with Gasteiger partial charge in [0, 0.05) is 4.83 Å². The lowest BCUT2D eigenvalue weighted by atomic mass is 9.92. The van der Waals surface area contributed by atoms with E-state index in [1.807, 2.05) is 32.0 Å². The summed E-state index contributed by atoms with van der Waals surface area (Å²) < 4.78 is 9.76. The van der Waals surface area contributed by atoms with Crippen LogP contribution in [-0.4, -0.2) is 63.4 Å². The number of hydrogen-bond acceptors (Lipinski definition) is 6. The fourth-order valence-corrected chi connectivity index (χ4v) is 5.55. The minimum absolute atomic E-state index is 0.0461. The molecule has 0 aliphatic carbocycles. The number of ether oxygens (including phenoxy) is 2. The summed E-state index contributed by atoms with van der Waals surface area (Å²) in [7, 11) is 1.31. The van der Waals surface area contributed by atoms with Crippen molar-refractivity contribution in [2.24, 2.45) is 0 Å². The van der Waals surface area contributed by atoms with Gasteiger partial charge in [0.25, 0.3) is 5.91 Å². The van der Waals surface area contributed by atoms with Crippen LogP contribution in [0, 0.1) is 0 Å². The number of fused-ring (bicyclic) bond motifs is 1. The molecule has 146 valence electrons. The molecule has 1 N–H and O–H groups in total. The summed E-state index contributed by atoms with van der Waals surface area (Å²) in [6.45, 7) is 3.67. The van der Waals surface area contributed by atoms with Crippen molar-refractivity contribution in [1.82, 2.24) is 10.2 Å². The molecule has 2 fully saturated rings. The normalized spacial score (nSPS) is 30.1. The summed E-state index contributed by atoms with van der Waals surface area (Å²) in [5, 5.41) is 2.41. The van der Waals surface area contributed by atoms with E-state index in [9.17, 15) is 14.4 Å². The quantitative estimate of drug-likeness (QED) is 0.397. The number of carbonyl (C=O) groups is 3. The van der Waals surface area contributed by atoms with Gasteiger partial charge in [0.15, 0.2) is 6.61 Å². The Morgan fingerprint density at radius 2 is 2.04 bits per heavy atom. The number of β-lactam (4-membered cyclic amide) rings is 1. The van der Waals surface area contributed by atoms with Crippen LogP contribution in [0.3, 0.4) is 0 Å². The van der Waals surface area contributed by atoms with Crippen molar-refractivity contribution >= 4 is 45.5 Å². The van der Waals surface area contributed by atoms with E-state index in [0.29, 0.717) is 5.75 Å². The molecule has 2 aliphatic rings. The van der Waals surface area contributed by atoms with Gasteiger partial charge in [0.1, 0.15) is 23.2 Å². The van der Waals surface area contributed by atoms with Gasteiger partial charge in [-0.2, -0.15) is 0 Å². The topological polar surface area (TPSA) is 84.9 Å². The van der Waals surface area contributed by atoms with E-state index in [2.05, 4.69) is 21.2 Å². The van der Waals surface area contributed by atoms with E-state index in [1.165, 1.54) is 23.8 Å². The fraction of sp³-hybridized carbons (Fsp3) is 0.500. The Balaban J connectivity index is 1.65. The number of rotatable bonds is 6. The maximum Gasteiger partial charge on any atom is 0.330 e. The van der Waals surface area contributed by atoms with Gasteiger partial charge >= 0.3 is 5.97 Å². The van der Waals surface area contributed by atoms with Crippen LogP contribution in [0.15, 0.2) is 30.3 Å². The van der Waals surface area contributed by atoms with E-state index in [4.69, 9.17) is 9.47 Å². The molecule has 1 aromatic rings. The van der Waals surface area contributed by atoms with Crippen LogP contribution in [-0.2, 0) is 19.1 Å². The Hall–Kier alpha value is -1.74. The first-order valence-electron chi connectivity index (χ1n) is 8.48. The summed E-state index contributed by atoms with van der Waals surface area (Å²) in [6.07, 6.45) is 0. The average molecular weight is 457 g/mol. The number of benzene rings is 1. The third-order valence-corrected chi connectivity index (χ3v) is 8.00. The Morgan fingerprint density at radius 1 is 1.37 bits per heavy atom. The monoisotopic (exact) mass is 456 g/mol. The lowest BCUT2D eigenvalue weighted by molar-refractivity contribution is -0.163. The lowest BCUT2D eigenvalue weighted by Gasteiger charge is -2.44. The molecule has 5 atom stereocenters. The number of alkyl halides is 1. The summed E-state index contributed by atoms with van der Waals surface area (Å²) >= 11 is 5.04. The molecule has 2 aliphatic heterocycles. The second kappa shape index (κ2) is 7.71.